The summed E-state index contributed by atoms with van der Waals surface area (Å²) in [5.41, 5.74) is 0.557. The summed E-state index contributed by atoms with van der Waals surface area (Å²) in [6, 6.07) is 11.6. The summed E-state index contributed by atoms with van der Waals surface area (Å²) in [6.07, 6.45) is 0. The predicted octanol–water partition coefficient (Wildman–Crippen LogP) is 0.716. The van der Waals surface area contributed by atoms with Crippen LogP contribution in [0.25, 0.3) is 0 Å². The number of carbonyl (C=O) groups excluding carboxylic acids is 2. The fraction of sp³-hybridized carbons (Fsp3) is 0.364. The Kier molecular flexibility index (Phi) is 5.59. The highest BCUT2D eigenvalue weighted by molar-refractivity contribution is 7.89. The van der Waals surface area contributed by atoms with Crippen LogP contribution in [0.4, 0.5) is 5.69 Å². The summed E-state index contributed by atoms with van der Waals surface area (Å²) < 4.78 is 43.9. The van der Waals surface area contributed by atoms with Gasteiger partial charge < -0.3 is 19.1 Å². The zero-order valence-corrected chi connectivity index (χ0v) is 18.6. The van der Waals surface area contributed by atoms with E-state index in [0.29, 0.717) is 36.1 Å². The molecule has 0 bridgehead atoms. The summed E-state index contributed by atoms with van der Waals surface area (Å²) in [6.45, 7) is 1.36. The van der Waals surface area contributed by atoms with Gasteiger partial charge in [-0.15, -0.1) is 0 Å². The number of nitrogens with zero attached hydrogens (tertiary/aromatic N) is 3. The quantitative estimate of drug-likeness (QED) is 0.644. The zero-order valence-electron chi connectivity index (χ0n) is 17.8. The lowest BCUT2D eigenvalue weighted by molar-refractivity contribution is -0.133. The van der Waals surface area contributed by atoms with Gasteiger partial charge in [0.05, 0.1) is 10.6 Å². The molecule has 0 aromatic heterocycles. The molecule has 0 N–H and O–H groups in total. The summed E-state index contributed by atoms with van der Waals surface area (Å²) in [5, 5.41) is 0. The monoisotopic (exact) mass is 473 g/mol. The number of para-hydroxylation sites is 2. The SMILES string of the molecule is O=C(CN1C(=O)COc2ccccc21)N1CCN(S(=O)(=O)c2ccc3c(c2)OCCO3)CC1. The number of fused-ring (bicyclic) bond motifs is 2. The van der Waals surface area contributed by atoms with Crippen LogP contribution in [0.15, 0.2) is 47.4 Å². The van der Waals surface area contributed by atoms with Gasteiger partial charge in [0.15, 0.2) is 18.1 Å². The summed E-state index contributed by atoms with van der Waals surface area (Å²) in [4.78, 5) is 28.4. The number of hydrogen-bond donors (Lipinski definition) is 0. The van der Waals surface area contributed by atoms with Gasteiger partial charge in [0.1, 0.15) is 25.5 Å². The van der Waals surface area contributed by atoms with Crippen LogP contribution in [0.5, 0.6) is 17.2 Å². The van der Waals surface area contributed by atoms with Crippen molar-refractivity contribution in [1.82, 2.24) is 9.21 Å². The average Bonchev–Trinajstić information content (AvgIpc) is 2.85. The maximum absolute atomic E-state index is 13.1. The van der Waals surface area contributed by atoms with Crippen molar-refractivity contribution in [3.8, 4) is 17.2 Å². The fourth-order valence-electron chi connectivity index (χ4n) is 4.07. The molecule has 2 amide bonds. The third-order valence-corrected chi connectivity index (χ3v) is 7.74. The Morgan fingerprint density at radius 3 is 2.39 bits per heavy atom. The topological polar surface area (TPSA) is 106 Å². The molecule has 11 heteroatoms. The number of rotatable bonds is 4. The minimum absolute atomic E-state index is 0.117. The standard InChI is InChI=1S/C22H23N3O7S/c26-21(14-25-17-3-1-2-4-18(17)32-15-22(25)27)23-7-9-24(10-8-23)33(28,29)16-5-6-19-20(13-16)31-12-11-30-19/h1-6,13H,7-12,14-15H2. The Balaban J connectivity index is 1.24. The first-order chi connectivity index (χ1) is 15.9. The van der Waals surface area contributed by atoms with Gasteiger partial charge in [-0.2, -0.15) is 4.31 Å². The highest BCUT2D eigenvalue weighted by atomic mass is 32.2. The lowest BCUT2D eigenvalue weighted by atomic mass is 10.2. The van der Waals surface area contributed by atoms with E-state index < -0.39 is 10.0 Å². The first kappa shape index (κ1) is 21.5. The second kappa shape index (κ2) is 8.56. The first-order valence-corrected chi connectivity index (χ1v) is 12.1. The number of amides is 2. The van der Waals surface area contributed by atoms with Gasteiger partial charge in [0.25, 0.3) is 5.91 Å². The average molecular weight is 474 g/mol. The maximum atomic E-state index is 13.1. The van der Waals surface area contributed by atoms with Crippen molar-refractivity contribution in [3.05, 3.63) is 42.5 Å². The lowest BCUT2D eigenvalue weighted by Gasteiger charge is -2.36. The van der Waals surface area contributed by atoms with E-state index in [4.69, 9.17) is 14.2 Å². The maximum Gasteiger partial charge on any atom is 0.265 e. The minimum Gasteiger partial charge on any atom is -0.486 e. The van der Waals surface area contributed by atoms with Gasteiger partial charge in [0, 0.05) is 32.2 Å². The molecule has 0 unspecified atom stereocenters. The van der Waals surface area contributed by atoms with Crippen molar-refractivity contribution in [2.24, 2.45) is 0 Å². The van der Waals surface area contributed by atoms with Gasteiger partial charge in [-0.1, -0.05) is 12.1 Å². The molecule has 2 aromatic carbocycles. The van der Waals surface area contributed by atoms with Gasteiger partial charge in [-0.3, -0.25) is 14.5 Å². The molecule has 2 aromatic rings. The molecule has 0 atom stereocenters. The minimum atomic E-state index is -3.74. The molecular weight excluding hydrogens is 450 g/mol. The van der Waals surface area contributed by atoms with Crippen LogP contribution in [0, 0.1) is 0 Å². The van der Waals surface area contributed by atoms with Crippen LogP contribution >= 0.6 is 0 Å². The second-order valence-electron chi connectivity index (χ2n) is 7.83. The molecule has 5 rings (SSSR count). The molecular formula is C22H23N3O7S. The van der Waals surface area contributed by atoms with E-state index in [1.54, 1.807) is 35.2 Å². The number of carbonyl (C=O) groups is 2. The van der Waals surface area contributed by atoms with Crippen molar-refractivity contribution in [2.45, 2.75) is 4.90 Å². The molecule has 0 saturated carbocycles. The Labute approximate surface area is 191 Å². The Morgan fingerprint density at radius 2 is 1.61 bits per heavy atom. The number of benzene rings is 2. The normalized spacial score (nSPS) is 18.5. The highest BCUT2D eigenvalue weighted by Gasteiger charge is 2.33. The fourth-order valence-corrected chi connectivity index (χ4v) is 5.51. The molecule has 33 heavy (non-hydrogen) atoms. The van der Waals surface area contributed by atoms with Crippen LogP contribution in [-0.4, -0.2) is 82.0 Å². The lowest BCUT2D eigenvalue weighted by Crippen LogP contribution is -2.53. The van der Waals surface area contributed by atoms with Crippen molar-refractivity contribution < 1.29 is 32.2 Å². The second-order valence-corrected chi connectivity index (χ2v) is 9.76. The Bertz CT molecular complexity index is 1190. The molecule has 3 aliphatic heterocycles. The molecule has 3 aliphatic rings. The van der Waals surface area contributed by atoms with E-state index in [2.05, 4.69) is 0 Å². The van der Waals surface area contributed by atoms with E-state index in [0.717, 1.165) is 0 Å². The molecule has 10 nitrogen and oxygen atoms in total. The van der Waals surface area contributed by atoms with Crippen LogP contribution in [0.1, 0.15) is 0 Å². The molecule has 1 saturated heterocycles. The predicted molar refractivity (Wildman–Crippen MR) is 117 cm³/mol. The summed E-state index contributed by atoms with van der Waals surface area (Å²) >= 11 is 0. The van der Waals surface area contributed by atoms with E-state index in [9.17, 15) is 18.0 Å². The molecule has 0 spiro atoms. The van der Waals surface area contributed by atoms with E-state index in [-0.39, 0.29) is 56.0 Å². The van der Waals surface area contributed by atoms with Gasteiger partial charge in [-0.05, 0) is 24.3 Å². The van der Waals surface area contributed by atoms with Crippen molar-refractivity contribution in [2.75, 3.05) is 57.4 Å². The number of sulfonamides is 1. The number of anilines is 1. The third kappa shape index (κ3) is 4.09. The van der Waals surface area contributed by atoms with E-state index in [1.165, 1.54) is 21.3 Å². The van der Waals surface area contributed by atoms with Crippen molar-refractivity contribution >= 4 is 27.5 Å². The molecule has 1 fully saturated rings. The Morgan fingerprint density at radius 1 is 0.879 bits per heavy atom. The number of ether oxygens (including phenoxy) is 3. The van der Waals surface area contributed by atoms with E-state index in [1.807, 2.05) is 0 Å². The number of piperazine rings is 1. The van der Waals surface area contributed by atoms with Crippen LogP contribution in [0.3, 0.4) is 0 Å². The zero-order chi connectivity index (χ0) is 23.0. The molecule has 174 valence electrons. The summed E-state index contributed by atoms with van der Waals surface area (Å²) in [7, 11) is -3.74. The first-order valence-electron chi connectivity index (χ1n) is 10.6. The largest absolute Gasteiger partial charge is 0.486 e. The number of hydrogen-bond acceptors (Lipinski definition) is 7. The highest BCUT2D eigenvalue weighted by Crippen LogP contribution is 2.34. The van der Waals surface area contributed by atoms with Gasteiger partial charge in [0.2, 0.25) is 15.9 Å². The van der Waals surface area contributed by atoms with Crippen molar-refractivity contribution in [1.29, 1.82) is 0 Å². The molecule has 3 heterocycles. The van der Waals surface area contributed by atoms with Crippen LogP contribution < -0.4 is 19.1 Å². The summed E-state index contributed by atoms with van der Waals surface area (Å²) in [5.74, 6) is 0.958. The third-order valence-electron chi connectivity index (χ3n) is 5.84. The van der Waals surface area contributed by atoms with E-state index >= 15 is 0 Å². The van der Waals surface area contributed by atoms with Gasteiger partial charge >= 0.3 is 0 Å². The van der Waals surface area contributed by atoms with Gasteiger partial charge in [-0.25, -0.2) is 8.42 Å². The Hall–Kier alpha value is -3.31. The van der Waals surface area contributed by atoms with Crippen molar-refractivity contribution in [3.63, 3.8) is 0 Å². The molecule has 0 aliphatic carbocycles. The molecule has 0 radical (unpaired) electrons. The van der Waals surface area contributed by atoms with Crippen LogP contribution in [-0.2, 0) is 19.6 Å². The van der Waals surface area contributed by atoms with Crippen LogP contribution in [0.2, 0.25) is 0 Å². The smallest absolute Gasteiger partial charge is 0.265 e.